The van der Waals surface area contributed by atoms with Crippen LogP contribution in [0, 0.1) is 17.8 Å². The third-order valence-corrected chi connectivity index (χ3v) is 6.73. The van der Waals surface area contributed by atoms with E-state index in [9.17, 15) is 14.4 Å². The summed E-state index contributed by atoms with van der Waals surface area (Å²) in [5.74, 6) is 4.57. The van der Waals surface area contributed by atoms with Crippen LogP contribution >= 0.6 is 0 Å². The van der Waals surface area contributed by atoms with Crippen molar-refractivity contribution in [2.45, 2.75) is 31.8 Å². The maximum absolute atomic E-state index is 13.0. The average Bonchev–Trinajstić information content (AvgIpc) is 2.95. The first-order chi connectivity index (χ1) is 17.8. The lowest BCUT2D eigenvalue weighted by Gasteiger charge is -2.34. The summed E-state index contributed by atoms with van der Waals surface area (Å²) in [6, 6.07) is 14.6. The van der Waals surface area contributed by atoms with Crippen molar-refractivity contribution >= 4 is 17.7 Å². The fraction of sp³-hybridized carbons (Fsp3) is 0.393. The standard InChI is InChI=1S/C28H34N4O5/c1-28(26(34)29-2,27(35)31-36)32(3)25(33)24-12-10-21(11-13-24)5-4-20-6-8-22(9-7-20)18-30-19-23-14-16-37-17-15-23/h6-13,23,30,36H,14-19H2,1-3H3,(H,29,34)(H,31,35)/t28-/m0/s1. The van der Waals surface area contributed by atoms with Crippen molar-refractivity contribution in [1.29, 1.82) is 0 Å². The second kappa shape index (κ2) is 13.0. The first kappa shape index (κ1) is 27.9. The predicted octanol–water partition coefficient (Wildman–Crippen LogP) is 1.68. The van der Waals surface area contributed by atoms with Gasteiger partial charge in [0.15, 0.2) is 5.54 Å². The Bertz CT molecular complexity index is 1130. The van der Waals surface area contributed by atoms with Crippen LogP contribution in [0.15, 0.2) is 48.5 Å². The van der Waals surface area contributed by atoms with E-state index < -0.39 is 23.3 Å². The van der Waals surface area contributed by atoms with E-state index in [1.54, 1.807) is 24.3 Å². The molecular formula is C28H34N4O5. The molecule has 9 heteroatoms. The van der Waals surface area contributed by atoms with Gasteiger partial charge in [0, 0.05) is 50.5 Å². The molecule has 0 bridgehead atoms. The van der Waals surface area contributed by atoms with Crippen LogP contribution in [0.2, 0.25) is 0 Å². The zero-order valence-electron chi connectivity index (χ0n) is 21.5. The van der Waals surface area contributed by atoms with Crippen LogP contribution in [-0.2, 0) is 20.9 Å². The van der Waals surface area contributed by atoms with Gasteiger partial charge in [-0.1, -0.05) is 24.0 Å². The fourth-order valence-corrected chi connectivity index (χ4v) is 4.07. The summed E-state index contributed by atoms with van der Waals surface area (Å²) >= 11 is 0. The second-order valence-corrected chi connectivity index (χ2v) is 9.17. The van der Waals surface area contributed by atoms with E-state index in [-0.39, 0.29) is 5.56 Å². The number of ether oxygens (including phenoxy) is 1. The van der Waals surface area contributed by atoms with Gasteiger partial charge in [-0.25, -0.2) is 5.48 Å². The molecule has 0 unspecified atom stereocenters. The smallest absolute Gasteiger partial charge is 0.278 e. The number of amides is 3. The minimum Gasteiger partial charge on any atom is -0.381 e. The molecule has 3 rings (SSSR count). The molecular weight excluding hydrogens is 472 g/mol. The van der Waals surface area contributed by atoms with Crippen molar-refractivity contribution in [3.8, 4) is 11.8 Å². The molecule has 2 aromatic rings. The van der Waals surface area contributed by atoms with Crippen LogP contribution < -0.4 is 16.1 Å². The maximum Gasteiger partial charge on any atom is 0.278 e. The minimum atomic E-state index is -1.94. The molecule has 0 radical (unpaired) electrons. The van der Waals surface area contributed by atoms with Gasteiger partial charge in [-0.3, -0.25) is 19.6 Å². The first-order valence-electron chi connectivity index (χ1n) is 12.2. The van der Waals surface area contributed by atoms with Crippen molar-refractivity contribution in [3.63, 3.8) is 0 Å². The van der Waals surface area contributed by atoms with Gasteiger partial charge < -0.3 is 20.3 Å². The number of rotatable bonds is 8. The van der Waals surface area contributed by atoms with Crippen molar-refractivity contribution in [1.82, 2.24) is 21.0 Å². The lowest BCUT2D eigenvalue weighted by atomic mass is 9.96. The normalized spacial score (nSPS) is 15.0. The Balaban J connectivity index is 1.60. The highest BCUT2D eigenvalue weighted by molar-refractivity contribution is 6.12. The number of carbonyl (C=O) groups excluding carboxylic acids is 3. The summed E-state index contributed by atoms with van der Waals surface area (Å²) in [6.07, 6.45) is 2.23. The van der Waals surface area contributed by atoms with Crippen LogP contribution in [-0.4, -0.2) is 67.2 Å². The molecule has 1 aliphatic rings. The van der Waals surface area contributed by atoms with Gasteiger partial charge in [-0.2, -0.15) is 0 Å². The van der Waals surface area contributed by atoms with Crippen LogP contribution in [0.5, 0.6) is 0 Å². The lowest BCUT2D eigenvalue weighted by Crippen LogP contribution is -2.64. The Morgan fingerprint density at radius 3 is 2.11 bits per heavy atom. The minimum absolute atomic E-state index is 0.270. The third kappa shape index (κ3) is 6.95. The molecule has 1 saturated heterocycles. The van der Waals surface area contributed by atoms with E-state index in [1.807, 2.05) is 12.1 Å². The number of hydroxylamine groups is 1. The van der Waals surface area contributed by atoms with Gasteiger partial charge in [0.05, 0.1) is 0 Å². The summed E-state index contributed by atoms with van der Waals surface area (Å²) in [5, 5.41) is 14.9. The van der Waals surface area contributed by atoms with E-state index in [0.717, 1.165) is 49.6 Å². The zero-order chi connectivity index (χ0) is 26.8. The van der Waals surface area contributed by atoms with Gasteiger partial charge in [0.25, 0.3) is 17.7 Å². The largest absolute Gasteiger partial charge is 0.381 e. The van der Waals surface area contributed by atoms with E-state index in [0.29, 0.717) is 11.5 Å². The van der Waals surface area contributed by atoms with Crippen LogP contribution in [0.1, 0.15) is 46.8 Å². The first-order valence-corrected chi connectivity index (χ1v) is 12.2. The molecule has 0 spiro atoms. The second-order valence-electron chi connectivity index (χ2n) is 9.17. The van der Waals surface area contributed by atoms with Crippen LogP contribution in [0.25, 0.3) is 0 Å². The molecule has 1 heterocycles. The number of carbonyl (C=O) groups is 3. The van der Waals surface area contributed by atoms with Crippen molar-refractivity contribution in [2.75, 3.05) is 33.9 Å². The number of nitrogens with zero attached hydrogens (tertiary/aromatic N) is 1. The zero-order valence-corrected chi connectivity index (χ0v) is 21.5. The molecule has 3 amide bonds. The Hall–Kier alpha value is -3.71. The van der Waals surface area contributed by atoms with Crippen LogP contribution in [0.3, 0.4) is 0 Å². The quantitative estimate of drug-likeness (QED) is 0.187. The molecule has 1 aliphatic heterocycles. The maximum atomic E-state index is 13.0. The molecule has 1 atom stereocenters. The van der Waals surface area contributed by atoms with Gasteiger partial charge >= 0.3 is 0 Å². The van der Waals surface area contributed by atoms with E-state index in [2.05, 4.69) is 34.6 Å². The Morgan fingerprint density at radius 2 is 1.57 bits per heavy atom. The number of nitrogens with one attached hydrogen (secondary N) is 3. The highest BCUT2D eigenvalue weighted by Gasteiger charge is 2.47. The van der Waals surface area contributed by atoms with Crippen molar-refractivity contribution < 1.29 is 24.3 Å². The number of benzene rings is 2. The Kier molecular flexibility index (Phi) is 9.80. The summed E-state index contributed by atoms with van der Waals surface area (Å²) in [7, 11) is 2.67. The summed E-state index contributed by atoms with van der Waals surface area (Å²) < 4.78 is 5.40. The van der Waals surface area contributed by atoms with Crippen LogP contribution in [0.4, 0.5) is 0 Å². The summed E-state index contributed by atoms with van der Waals surface area (Å²) in [6.45, 7) is 4.78. The molecule has 4 N–H and O–H groups in total. The Morgan fingerprint density at radius 1 is 1.00 bits per heavy atom. The van der Waals surface area contributed by atoms with E-state index >= 15 is 0 Å². The number of hydrogen-bond donors (Lipinski definition) is 4. The molecule has 9 nitrogen and oxygen atoms in total. The van der Waals surface area contributed by atoms with Gasteiger partial charge in [-0.15, -0.1) is 0 Å². The number of hydrogen-bond acceptors (Lipinski definition) is 6. The van der Waals surface area contributed by atoms with Crippen molar-refractivity contribution in [2.24, 2.45) is 5.92 Å². The monoisotopic (exact) mass is 506 g/mol. The fourth-order valence-electron chi connectivity index (χ4n) is 4.07. The molecule has 0 aliphatic carbocycles. The molecule has 0 aromatic heterocycles. The Labute approximate surface area is 217 Å². The van der Waals surface area contributed by atoms with Crippen molar-refractivity contribution in [3.05, 3.63) is 70.8 Å². The highest BCUT2D eigenvalue weighted by atomic mass is 16.5. The summed E-state index contributed by atoms with van der Waals surface area (Å²) in [4.78, 5) is 38.4. The van der Waals surface area contributed by atoms with Gasteiger partial charge in [0.1, 0.15) is 0 Å². The highest BCUT2D eigenvalue weighted by Crippen LogP contribution is 2.18. The third-order valence-electron chi connectivity index (χ3n) is 6.73. The predicted molar refractivity (Wildman–Crippen MR) is 139 cm³/mol. The molecule has 1 fully saturated rings. The molecule has 0 saturated carbocycles. The molecule has 37 heavy (non-hydrogen) atoms. The number of likely N-dealkylation sites (N-methyl/N-ethyl adjacent to an activating group) is 2. The molecule has 196 valence electrons. The molecule has 2 aromatic carbocycles. The summed E-state index contributed by atoms with van der Waals surface area (Å²) in [5.41, 5.74) is 2.58. The topological polar surface area (TPSA) is 120 Å². The average molecular weight is 507 g/mol. The van der Waals surface area contributed by atoms with Gasteiger partial charge in [-0.05, 0) is 74.2 Å². The SMILES string of the molecule is CNC(=O)[C@@](C)(C(=O)NO)N(C)C(=O)c1ccc(C#Cc2ccc(CNCC3CCOCC3)cc2)cc1. The van der Waals surface area contributed by atoms with E-state index in [4.69, 9.17) is 9.94 Å². The van der Waals surface area contributed by atoms with Gasteiger partial charge in [0.2, 0.25) is 0 Å². The van der Waals surface area contributed by atoms with E-state index in [1.165, 1.54) is 32.1 Å². The lowest BCUT2D eigenvalue weighted by molar-refractivity contribution is -0.148.